The first-order valence-electron chi connectivity index (χ1n) is 5.40. The highest BCUT2D eigenvalue weighted by atomic mass is 19.1. The summed E-state index contributed by atoms with van der Waals surface area (Å²) in [5, 5.41) is 4.06. The van der Waals surface area contributed by atoms with Crippen molar-refractivity contribution in [3.05, 3.63) is 48.3 Å². The molecule has 0 aliphatic carbocycles. The van der Waals surface area contributed by atoms with Gasteiger partial charge in [-0.15, -0.1) is 0 Å². The summed E-state index contributed by atoms with van der Waals surface area (Å²) in [5.41, 5.74) is -0.431. The second-order valence-corrected chi connectivity index (χ2v) is 3.60. The summed E-state index contributed by atoms with van der Waals surface area (Å²) in [6.45, 7) is 0. The van der Waals surface area contributed by atoms with Crippen LogP contribution in [-0.4, -0.2) is 21.8 Å². The molecule has 102 valence electrons. The number of rotatable bonds is 2. The van der Waals surface area contributed by atoms with Crippen molar-refractivity contribution in [3.63, 3.8) is 0 Å². The number of anilines is 2. The molecule has 8 heteroatoms. The van der Waals surface area contributed by atoms with Crippen molar-refractivity contribution < 1.29 is 18.4 Å². The first-order valence-corrected chi connectivity index (χ1v) is 5.40. The van der Waals surface area contributed by atoms with Gasteiger partial charge in [-0.2, -0.15) is 0 Å². The molecule has 6 nitrogen and oxygen atoms in total. The van der Waals surface area contributed by atoms with Gasteiger partial charge >= 0.3 is 11.8 Å². The number of carbonyl (C=O) groups is 2. The Balaban J connectivity index is 2.04. The number of amides is 2. The molecule has 0 aliphatic heterocycles. The Morgan fingerprint density at radius 1 is 1.00 bits per heavy atom. The molecule has 0 unspecified atom stereocenters. The first kappa shape index (κ1) is 13.5. The molecule has 0 aliphatic rings. The molecular formula is C12H8F2N4O2. The van der Waals surface area contributed by atoms with Gasteiger partial charge in [-0.25, -0.2) is 18.7 Å². The van der Waals surface area contributed by atoms with Gasteiger partial charge in [0.05, 0.1) is 5.69 Å². The maximum absolute atomic E-state index is 13.3. The Kier molecular flexibility index (Phi) is 3.94. The number of aromatic nitrogens is 2. The molecule has 0 spiro atoms. The lowest BCUT2D eigenvalue weighted by Crippen LogP contribution is -2.30. The second-order valence-electron chi connectivity index (χ2n) is 3.60. The van der Waals surface area contributed by atoms with E-state index in [4.69, 9.17) is 0 Å². The predicted molar refractivity (Wildman–Crippen MR) is 65.6 cm³/mol. The Labute approximate surface area is 111 Å². The van der Waals surface area contributed by atoms with Crippen molar-refractivity contribution in [1.82, 2.24) is 9.97 Å². The third-order valence-electron chi connectivity index (χ3n) is 2.17. The average Bonchev–Trinajstić information content (AvgIpc) is 2.44. The van der Waals surface area contributed by atoms with Crippen LogP contribution >= 0.6 is 0 Å². The van der Waals surface area contributed by atoms with E-state index in [0.717, 1.165) is 18.2 Å². The number of nitrogens with zero attached hydrogens (tertiary/aromatic N) is 2. The Morgan fingerprint density at radius 2 is 1.65 bits per heavy atom. The van der Waals surface area contributed by atoms with Gasteiger partial charge < -0.3 is 5.32 Å². The number of halogens is 2. The van der Waals surface area contributed by atoms with Gasteiger partial charge in [0.15, 0.2) is 0 Å². The number of carbonyl (C=O) groups excluding carboxylic acids is 2. The molecular weight excluding hydrogens is 270 g/mol. The number of hydrogen-bond donors (Lipinski definition) is 2. The first-order chi connectivity index (χ1) is 9.56. The molecule has 2 amide bonds. The number of benzene rings is 1. The van der Waals surface area contributed by atoms with Crippen molar-refractivity contribution in [2.24, 2.45) is 0 Å². The molecule has 0 saturated carbocycles. The number of hydrogen-bond acceptors (Lipinski definition) is 4. The minimum atomic E-state index is -1.16. The van der Waals surface area contributed by atoms with Gasteiger partial charge in [0.1, 0.15) is 11.6 Å². The molecule has 2 N–H and O–H groups in total. The van der Waals surface area contributed by atoms with Gasteiger partial charge in [0.25, 0.3) is 0 Å². The van der Waals surface area contributed by atoms with Crippen molar-refractivity contribution in [2.45, 2.75) is 0 Å². The largest absolute Gasteiger partial charge is 0.316 e. The van der Waals surface area contributed by atoms with Crippen molar-refractivity contribution in [1.29, 1.82) is 0 Å². The maximum Gasteiger partial charge on any atom is 0.316 e. The molecule has 1 aromatic carbocycles. The smallest absolute Gasteiger partial charge is 0.315 e. The highest BCUT2D eigenvalue weighted by Crippen LogP contribution is 2.15. The molecule has 0 saturated heterocycles. The SMILES string of the molecule is O=C(Nc1ncccn1)C(=O)Nc1cc(F)ccc1F. The van der Waals surface area contributed by atoms with Gasteiger partial charge in [-0.05, 0) is 18.2 Å². The van der Waals surface area contributed by atoms with E-state index in [0.29, 0.717) is 0 Å². The summed E-state index contributed by atoms with van der Waals surface area (Å²) in [5.74, 6) is -3.94. The Bertz CT molecular complexity index is 649. The quantitative estimate of drug-likeness (QED) is 0.812. The fourth-order valence-corrected chi connectivity index (χ4v) is 1.29. The summed E-state index contributed by atoms with van der Waals surface area (Å²) in [7, 11) is 0. The number of nitrogens with one attached hydrogen (secondary N) is 2. The molecule has 1 aromatic heterocycles. The second kappa shape index (κ2) is 5.83. The summed E-state index contributed by atoms with van der Waals surface area (Å²) in [6, 6.07) is 4.02. The van der Waals surface area contributed by atoms with Crippen LogP contribution in [0, 0.1) is 11.6 Å². The molecule has 1 heterocycles. The zero-order chi connectivity index (χ0) is 14.5. The molecule has 20 heavy (non-hydrogen) atoms. The van der Waals surface area contributed by atoms with Crippen LogP contribution in [0.4, 0.5) is 20.4 Å². The maximum atomic E-state index is 13.3. The van der Waals surface area contributed by atoms with E-state index in [2.05, 4.69) is 15.3 Å². The lowest BCUT2D eigenvalue weighted by molar-refractivity contribution is -0.133. The van der Waals surface area contributed by atoms with Crippen molar-refractivity contribution in [3.8, 4) is 0 Å². The van der Waals surface area contributed by atoms with Gasteiger partial charge in [0.2, 0.25) is 5.95 Å². The summed E-state index contributed by atoms with van der Waals surface area (Å²) in [6.07, 6.45) is 2.74. The summed E-state index contributed by atoms with van der Waals surface area (Å²) < 4.78 is 26.2. The Morgan fingerprint density at radius 3 is 2.35 bits per heavy atom. The van der Waals surface area contributed by atoms with E-state index in [1.54, 1.807) is 0 Å². The van der Waals surface area contributed by atoms with Crippen LogP contribution < -0.4 is 10.6 Å². The Hall–Kier alpha value is -2.90. The van der Waals surface area contributed by atoms with Crippen LogP contribution in [0.15, 0.2) is 36.7 Å². The minimum Gasteiger partial charge on any atom is -0.315 e. The fourth-order valence-electron chi connectivity index (χ4n) is 1.29. The molecule has 2 aromatic rings. The standard InChI is InChI=1S/C12H8F2N4O2/c13-7-2-3-8(14)9(6-7)17-10(19)11(20)18-12-15-4-1-5-16-12/h1-6H,(H,17,19)(H,15,16,18,20). The topological polar surface area (TPSA) is 84.0 Å². The van der Waals surface area contributed by atoms with E-state index in [-0.39, 0.29) is 5.95 Å². The van der Waals surface area contributed by atoms with Gasteiger partial charge in [0, 0.05) is 18.5 Å². The van der Waals surface area contributed by atoms with Crippen LogP contribution in [-0.2, 0) is 9.59 Å². The van der Waals surface area contributed by atoms with E-state index >= 15 is 0 Å². The lowest BCUT2D eigenvalue weighted by atomic mass is 10.3. The predicted octanol–water partition coefficient (Wildman–Crippen LogP) is 1.33. The van der Waals surface area contributed by atoms with Crippen LogP contribution in [0.3, 0.4) is 0 Å². The van der Waals surface area contributed by atoms with Crippen LogP contribution in [0.5, 0.6) is 0 Å². The third-order valence-corrected chi connectivity index (χ3v) is 2.17. The van der Waals surface area contributed by atoms with Crippen molar-refractivity contribution >= 4 is 23.5 Å². The fraction of sp³-hybridized carbons (Fsp3) is 0. The van der Waals surface area contributed by atoms with E-state index in [9.17, 15) is 18.4 Å². The minimum absolute atomic E-state index is 0.0765. The van der Waals surface area contributed by atoms with Crippen LogP contribution in [0.1, 0.15) is 0 Å². The highest BCUT2D eigenvalue weighted by Gasteiger charge is 2.17. The van der Waals surface area contributed by atoms with E-state index in [1.807, 2.05) is 5.32 Å². The molecule has 0 radical (unpaired) electrons. The lowest BCUT2D eigenvalue weighted by Gasteiger charge is -2.06. The van der Waals surface area contributed by atoms with Crippen LogP contribution in [0.25, 0.3) is 0 Å². The zero-order valence-electron chi connectivity index (χ0n) is 9.93. The summed E-state index contributed by atoms with van der Waals surface area (Å²) >= 11 is 0. The molecule has 0 atom stereocenters. The molecule has 0 fully saturated rings. The summed E-state index contributed by atoms with van der Waals surface area (Å²) in [4.78, 5) is 30.4. The molecule has 2 rings (SSSR count). The van der Waals surface area contributed by atoms with E-state index < -0.39 is 29.1 Å². The highest BCUT2D eigenvalue weighted by molar-refractivity contribution is 6.43. The molecule has 0 bridgehead atoms. The zero-order valence-corrected chi connectivity index (χ0v) is 9.93. The van der Waals surface area contributed by atoms with E-state index in [1.165, 1.54) is 18.5 Å². The van der Waals surface area contributed by atoms with Gasteiger partial charge in [-0.3, -0.25) is 14.9 Å². The van der Waals surface area contributed by atoms with Crippen molar-refractivity contribution in [2.75, 3.05) is 10.6 Å². The monoisotopic (exact) mass is 278 g/mol. The average molecular weight is 278 g/mol. The normalized spacial score (nSPS) is 9.90. The van der Waals surface area contributed by atoms with Crippen LogP contribution in [0.2, 0.25) is 0 Å². The third kappa shape index (κ3) is 3.31. The van der Waals surface area contributed by atoms with Gasteiger partial charge in [-0.1, -0.05) is 0 Å².